The standard InChI is InChI=1S/C26H25F4N5O5/c1-26(24(38)39-2)7-5-14(6-8-26)11-32-23(37)19-10-18(34-21-17(28)13-33-35(19)21)22(36)31-12-15-3-4-16(27)20(9-15)40-25(29)30/h3-5,9-10,13,25H,6-8,11-12H2,1-2H3,(H,31,36)(H,32,37). The highest BCUT2D eigenvalue weighted by atomic mass is 19.3. The first-order valence-electron chi connectivity index (χ1n) is 12.1. The largest absolute Gasteiger partial charge is 0.469 e. The van der Waals surface area contributed by atoms with E-state index < -0.39 is 41.2 Å². The molecule has 2 amide bonds. The Kier molecular flexibility index (Phi) is 8.35. The molecule has 0 aliphatic heterocycles. The van der Waals surface area contributed by atoms with Crippen LogP contribution in [-0.2, 0) is 16.1 Å². The highest BCUT2D eigenvalue weighted by molar-refractivity contribution is 5.98. The van der Waals surface area contributed by atoms with E-state index in [4.69, 9.17) is 4.74 Å². The van der Waals surface area contributed by atoms with Crippen LogP contribution in [0.4, 0.5) is 17.6 Å². The molecule has 10 nitrogen and oxygen atoms in total. The molecule has 2 heterocycles. The van der Waals surface area contributed by atoms with Gasteiger partial charge >= 0.3 is 12.6 Å². The molecule has 4 rings (SSSR count). The molecule has 0 spiro atoms. The molecule has 0 radical (unpaired) electrons. The number of alkyl halides is 2. The van der Waals surface area contributed by atoms with Gasteiger partial charge in [-0.1, -0.05) is 17.7 Å². The molecule has 0 fully saturated rings. The van der Waals surface area contributed by atoms with E-state index in [0.717, 1.165) is 34.5 Å². The van der Waals surface area contributed by atoms with Gasteiger partial charge < -0.3 is 20.1 Å². The molecule has 2 aromatic heterocycles. The normalized spacial score (nSPS) is 16.9. The van der Waals surface area contributed by atoms with E-state index in [1.54, 1.807) is 0 Å². The lowest BCUT2D eigenvalue weighted by atomic mass is 9.76. The number of hydrogen-bond acceptors (Lipinski definition) is 7. The molecule has 40 heavy (non-hydrogen) atoms. The number of ether oxygens (including phenoxy) is 2. The number of carbonyl (C=O) groups excluding carboxylic acids is 3. The molecule has 3 aromatic rings. The maximum absolute atomic E-state index is 14.3. The fraction of sp³-hybridized carbons (Fsp3) is 0.346. The second kappa shape index (κ2) is 11.7. The lowest BCUT2D eigenvalue weighted by molar-refractivity contribution is -0.152. The van der Waals surface area contributed by atoms with E-state index in [-0.39, 0.29) is 41.7 Å². The van der Waals surface area contributed by atoms with Crippen LogP contribution in [0.25, 0.3) is 5.65 Å². The van der Waals surface area contributed by atoms with E-state index in [2.05, 4.69) is 25.5 Å². The molecule has 14 heteroatoms. The summed E-state index contributed by atoms with van der Waals surface area (Å²) in [5.74, 6) is -4.33. The molecular formula is C26H25F4N5O5. The number of allylic oxidation sites excluding steroid dienone is 1. The van der Waals surface area contributed by atoms with Gasteiger partial charge in [-0.3, -0.25) is 14.4 Å². The van der Waals surface area contributed by atoms with Crippen LogP contribution in [0.3, 0.4) is 0 Å². The predicted octanol–water partition coefficient (Wildman–Crippen LogP) is 3.56. The van der Waals surface area contributed by atoms with Crippen LogP contribution in [-0.4, -0.2) is 52.6 Å². The minimum Gasteiger partial charge on any atom is -0.469 e. The Hall–Kier alpha value is -4.49. The third kappa shape index (κ3) is 6.21. The van der Waals surface area contributed by atoms with E-state index in [9.17, 15) is 31.9 Å². The van der Waals surface area contributed by atoms with Gasteiger partial charge in [-0.05, 0) is 43.9 Å². The van der Waals surface area contributed by atoms with E-state index in [0.29, 0.717) is 19.3 Å². The molecule has 0 saturated carbocycles. The van der Waals surface area contributed by atoms with Crippen molar-refractivity contribution in [3.05, 3.63) is 70.7 Å². The van der Waals surface area contributed by atoms with Crippen molar-refractivity contribution in [3.8, 4) is 5.75 Å². The number of aromatic nitrogens is 3. The van der Waals surface area contributed by atoms with Gasteiger partial charge in [-0.2, -0.15) is 13.9 Å². The summed E-state index contributed by atoms with van der Waals surface area (Å²) in [7, 11) is 1.33. The summed E-state index contributed by atoms with van der Waals surface area (Å²) in [4.78, 5) is 41.8. The zero-order chi connectivity index (χ0) is 29.0. The highest BCUT2D eigenvalue weighted by Crippen LogP contribution is 2.35. The first-order valence-corrected chi connectivity index (χ1v) is 12.1. The van der Waals surface area contributed by atoms with E-state index >= 15 is 0 Å². The van der Waals surface area contributed by atoms with Crippen LogP contribution < -0.4 is 15.4 Å². The van der Waals surface area contributed by atoms with Crippen molar-refractivity contribution in [3.63, 3.8) is 0 Å². The van der Waals surface area contributed by atoms with Crippen molar-refractivity contribution in [2.75, 3.05) is 13.7 Å². The van der Waals surface area contributed by atoms with Crippen molar-refractivity contribution >= 4 is 23.4 Å². The van der Waals surface area contributed by atoms with Gasteiger partial charge in [0, 0.05) is 19.2 Å². The monoisotopic (exact) mass is 563 g/mol. The second-order valence-corrected chi connectivity index (χ2v) is 9.38. The smallest absolute Gasteiger partial charge is 0.387 e. The maximum Gasteiger partial charge on any atom is 0.387 e. The quantitative estimate of drug-likeness (QED) is 0.232. The summed E-state index contributed by atoms with van der Waals surface area (Å²) >= 11 is 0. The minimum absolute atomic E-state index is 0.152. The van der Waals surface area contributed by atoms with E-state index in [1.165, 1.54) is 13.2 Å². The van der Waals surface area contributed by atoms with Crippen molar-refractivity contribution < 1.29 is 41.4 Å². The van der Waals surface area contributed by atoms with Crippen LogP contribution in [0.15, 0.2) is 42.1 Å². The second-order valence-electron chi connectivity index (χ2n) is 9.38. The number of esters is 1. The fourth-order valence-electron chi connectivity index (χ4n) is 4.22. The van der Waals surface area contributed by atoms with Gasteiger partial charge in [0.25, 0.3) is 11.8 Å². The molecule has 0 bridgehead atoms. The van der Waals surface area contributed by atoms with Crippen LogP contribution in [0, 0.1) is 17.0 Å². The number of fused-ring (bicyclic) bond motifs is 1. The van der Waals surface area contributed by atoms with Crippen LogP contribution in [0.5, 0.6) is 5.75 Å². The van der Waals surface area contributed by atoms with Crippen LogP contribution in [0.1, 0.15) is 52.7 Å². The first kappa shape index (κ1) is 28.5. The Morgan fingerprint density at radius 3 is 2.52 bits per heavy atom. The number of carbonyl (C=O) groups is 3. The molecular weight excluding hydrogens is 538 g/mol. The summed E-state index contributed by atoms with van der Waals surface area (Å²) < 4.78 is 62.9. The van der Waals surface area contributed by atoms with Crippen molar-refractivity contribution in [2.45, 2.75) is 39.3 Å². The SMILES string of the molecule is COC(=O)C1(C)CC=C(CNC(=O)c2cc(C(=O)NCc3ccc(F)c(OC(F)F)c3)nc3c(F)cnn23)CC1. The van der Waals surface area contributed by atoms with Gasteiger partial charge in [0.2, 0.25) is 0 Å². The molecule has 1 aromatic carbocycles. The number of nitrogens with zero attached hydrogens (tertiary/aromatic N) is 3. The third-order valence-electron chi connectivity index (χ3n) is 6.55. The average molecular weight is 564 g/mol. The number of benzene rings is 1. The Morgan fingerprint density at radius 1 is 1.10 bits per heavy atom. The third-order valence-corrected chi connectivity index (χ3v) is 6.55. The Bertz CT molecular complexity index is 1490. The lowest BCUT2D eigenvalue weighted by Crippen LogP contribution is -2.33. The Morgan fingerprint density at radius 2 is 1.85 bits per heavy atom. The van der Waals surface area contributed by atoms with Gasteiger partial charge in [0.15, 0.2) is 23.0 Å². The van der Waals surface area contributed by atoms with Gasteiger partial charge in [-0.15, -0.1) is 0 Å². The highest BCUT2D eigenvalue weighted by Gasteiger charge is 2.35. The maximum atomic E-state index is 14.3. The zero-order valence-corrected chi connectivity index (χ0v) is 21.5. The number of halogens is 4. The average Bonchev–Trinajstić information content (AvgIpc) is 3.31. The zero-order valence-electron chi connectivity index (χ0n) is 21.5. The van der Waals surface area contributed by atoms with Gasteiger partial charge in [0.05, 0.1) is 18.7 Å². The lowest BCUT2D eigenvalue weighted by Gasteiger charge is -2.30. The molecule has 1 aliphatic carbocycles. The first-order chi connectivity index (χ1) is 19.0. The number of rotatable bonds is 9. The number of amides is 2. The Balaban J connectivity index is 1.48. The van der Waals surface area contributed by atoms with Gasteiger partial charge in [0.1, 0.15) is 11.4 Å². The molecule has 1 aliphatic rings. The van der Waals surface area contributed by atoms with Crippen LogP contribution >= 0.6 is 0 Å². The van der Waals surface area contributed by atoms with Gasteiger partial charge in [-0.25, -0.2) is 18.3 Å². The summed E-state index contributed by atoms with van der Waals surface area (Å²) in [6.07, 6.45) is 4.25. The van der Waals surface area contributed by atoms with Crippen molar-refractivity contribution in [2.24, 2.45) is 5.41 Å². The molecule has 1 unspecified atom stereocenters. The summed E-state index contributed by atoms with van der Waals surface area (Å²) in [5, 5.41) is 9.01. The summed E-state index contributed by atoms with van der Waals surface area (Å²) in [6.45, 7) is -1.50. The number of nitrogens with one attached hydrogen (secondary N) is 2. The van der Waals surface area contributed by atoms with Crippen molar-refractivity contribution in [1.29, 1.82) is 0 Å². The van der Waals surface area contributed by atoms with Crippen molar-refractivity contribution in [1.82, 2.24) is 25.2 Å². The number of hydrogen-bond donors (Lipinski definition) is 2. The number of methoxy groups -OCH3 is 1. The minimum atomic E-state index is -3.24. The predicted molar refractivity (Wildman–Crippen MR) is 132 cm³/mol. The molecule has 0 saturated heterocycles. The van der Waals surface area contributed by atoms with Crippen LogP contribution in [0.2, 0.25) is 0 Å². The summed E-state index contributed by atoms with van der Waals surface area (Å²) in [6, 6.07) is 4.30. The molecule has 2 N–H and O–H groups in total. The summed E-state index contributed by atoms with van der Waals surface area (Å²) in [5.41, 5.74) is -0.348. The fourth-order valence-corrected chi connectivity index (χ4v) is 4.22. The topological polar surface area (TPSA) is 124 Å². The van der Waals surface area contributed by atoms with E-state index in [1.807, 2.05) is 13.0 Å². The molecule has 1 atom stereocenters. The Labute approximate surface area is 225 Å². The molecule has 212 valence electrons.